The van der Waals surface area contributed by atoms with Crippen molar-refractivity contribution in [1.82, 2.24) is 0 Å². The van der Waals surface area contributed by atoms with Gasteiger partial charge in [0.1, 0.15) is 5.56 Å². The molecule has 3 N–H and O–H groups in total. The van der Waals surface area contributed by atoms with Crippen LogP contribution in [-0.2, 0) is 0 Å². The van der Waals surface area contributed by atoms with Crippen LogP contribution < -0.4 is 5.32 Å². The van der Waals surface area contributed by atoms with E-state index in [1.165, 1.54) is 6.07 Å². The lowest BCUT2D eigenvalue weighted by molar-refractivity contribution is -0.385. The Morgan fingerprint density at radius 3 is 2.25 bits per heavy atom. The molecule has 1 aliphatic rings. The smallest absolute Gasteiger partial charge is 0.285 e. The molecule has 0 amide bonds. The number of ketones is 2. The van der Waals surface area contributed by atoms with Gasteiger partial charge < -0.3 is 15.5 Å². The van der Waals surface area contributed by atoms with Crippen LogP contribution in [0.4, 0.5) is 17.1 Å². The normalized spacial score (nSPS) is 12.3. The number of nitrogens with one attached hydrogen (secondary N) is 1. The molecular weight excluding hydrogens is 364 g/mol. The van der Waals surface area contributed by atoms with Crippen molar-refractivity contribution in [2.75, 3.05) is 5.32 Å². The van der Waals surface area contributed by atoms with Crippen molar-refractivity contribution in [3.8, 4) is 11.5 Å². The molecule has 28 heavy (non-hydrogen) atoms. The lowest BCUT2D eigenvalue weighted by atomic mass is 9.81. The van der Waals surface area contributed by atoms with Gasteiger partial charge in [0.15, 0.2) is 17.3 Å². The predicted octanol–water partition coefficient (Wildman–Crippen LogP) is 3.53. The number of phenolic OH excluding ortho intramolecular Hbond substituents is 2. The van der Waals surface area contributed by atoms with Gasteiger partial charge in [0, 0.05) is 11.3 Å². The number of phenols is 2. The average Bonchev–Trinajstić information content (AvgIpc) is 2.68. The molecule has 0 atom stereocenters. The van der Waals surface area contributed by atoms with Crippen molar-refractivity contribution in [2.24, 2.45) is 0 Å². The van der Waals surface area contributed by atoms with Crippen molar-refractivity contribution >= 4 is 28.6 Å². The summed E-state index contributed by atoms with van der Waals surface area (Å²) in [6.07, 6.45) is 0. The highest BCUT2D eigenvalue weighted by Crippen LogP contribution is 2.44. The van der Waals surface area contributed by atoms with Crippen LogP contribution in [0.2, 0.25) is 0 Å². The van der Waals surface area contributed by atoms with E-state index in [0.717, 1.165) is 0 Å². The highest BCUT2D eigenvalue weighted by Gasteiger charge is 2.40. The second kappa shape index (κ2) is 6.20. The molecule has 8 heteroatoms. The zero-order chi connectivity index (χ0) is 20.0. The molecule has 138 valence electrons. The highest BCUT2D eigenvalue weighted by molar-refractivity contribution is 6.32. The molecule has 0 saturated heterocycles. The molecule has 4 rings (SSSR count). The molecule has 1 aliphatic carbocycles. The summed E-state index contributed by atoms with van der Waals surface area (Å²) in [6, 6.07) is 14.1. The minimum absolute atomic E-state index is 0.0198. The summed E-state index contributed by atoms with van der Waals surface area (Å²) < 4.78 is 0. The van der Waals surface area contributed by atoms with Gasteiger partial charge in [0.05, 0.1) is 27.8 Å². The number of para-hydroxylation sites is 1. The number of nitro benzene ring substituents is 1. The van der Waals surface area contributed by atoms with Gasteiger partial charge in [0.2, 0.25) is 5.78 Å². The molecule has 0 radical (unpaired) electrons. The maximum absolute atomic E-state index is 13.2. The first kappa shape index (κ1) is 17.2. The number of benzene rings is 3. The molecule has 0 aromatic heterocycles. The predicted molar refractivity (Wildman–Crippen MR) is 99.5 cm³/mol. The van der Waals surface area contributed by atoms with E-state index in [9.17, 15) is 29.9 Å². The maximum Gasteiger partial charge on any atom is 0.285 e. The Balaban J connectivity index is 1.97. The molecule has 0 aliphatic heterocycles. The van der Waals surface area contributed by atoms with E-state index in [1.807, 2.05) is 6.07 Å². The van der Waals surface area contributed by atoms with Crippen molar-refractivity contribution in [3.05, 3.63) is 87.0 Å². The molecule has 8 nitrogen and oxygen atoms in total. The van der Waals surface area contributed by atoms with Crippen LogP contribution in [0.1, 0.15) is 31.8 Å². The fourth-order valence-electron chi connectivity index (χ4n) is 3.27. The Hall–Kier alpha value is -4.20. The number of fused-ring (bicyclic) bond motifs is 2. The van der Waals surface area contributed by atoms with Crippen molar-refractivity contribution in [3.63, 3.8) is 0 Å². The fraction of sp³-hybridized carbons (Fsp3) is 0. The quantitative estimate of drug-likeness (QED) is 0.283. The first-order chi connectivity index (χ1) is 13.4. The van der Waals surface area contributed by atoms with Crippen LogP contribution in [0.5, 0.6) is 11.5 Å². The molecule has 0 saturated carbocycles. The Morgan fingerprint density at radius 2 is 1.57 bits per heavy atom. The van der Waals surface area contributed by atoms with Crippen LogP contribution in [-0.4, -0.2) is 26.7 Å². The number of nitro groups is 1. The van der Waals surface area contributed by atoms with E-state index in [4.69, 9.17) is 0 Å². The van der Waals surface area contributed by atoms with E-state index in [0.29, 0.717) is 17.4 Å². The second-order valence-electron chi connectivity index (χ2n) is 6.15. The molecule has 0 bridgehead atoms. The monoisotopic (exact) mass is 376 g/mol. The van der Waals surface area contributed by atoms with Crippen molar-refractivity contribution in [2.45, 2.75) is 0 Å². The number of nitrogens with zero attached hydrogens (tertiary/aromatic N) is 1. The summed E-state index contributed by atoms with van der Waals surface area (Å²) in [5.41, 5.74) is -0.949. The number of anilines is 2. The number of carbonyl (C=O) groups excluding carboxylic acids is 2. The van der Waals surface area contributed by atoms with E-state index in [-0.39, 0.29) is 11.1 Å². The van der Waals surface area contributed by atoms with Gasteiger partial charge >= 0.3 is 0 Å². The largest absolute Gasteiger partial charge is 0.504 e. The third kappa shape index (κ3) is 2.47. The minimum atomic E-state index is -0.874. The van der Waals surface area contributed by atoms with Gasteiger partial charge in [-0.05, 0) is 18.2 Å². The standard InChI is InChI=1S/C20H12N2O6/c23-14-9-13(22(27)28)16-17(19(14)25)18(24)11-7-4-8-12(15(11)20(16)26)21-10-5-2-1-3-6-10/h1-9,21,23,25H. The third-order valence-corrected chi connectivity index (χ3v) is 4.50. The molecule has 0 fully saturated rings. The molecular formula is C20H12N2O6. The summed E-state index contributed by atoms with van der Waals surface area (Å²) >= 11 is 0. The molecule has 3 aromatic carbocycles. The molecule has 0 heterocycles. The molecule has 0 spiro atoms. The maximum atomic E-state index is 13.2. The SMILES string of the molecule is O=C1c2c(Nc3ccccc3)cccc2C(=O)c2c(O)c(O)cc([N+](=O)[O-])c21. The Labute approximate surface area is 157 Å². The molecule has 0 unspecified atom stereocenters. The fourth-order valence-corrected chi connectivity index (χ4v) is 3.27. The van der Waals surface area contributed by atoms with E-state index in [1.54, 1.807) is 36.4 Å². The number of carbonyl (C=O) groups is 2. The van der Waals surface area contributed by atoms with Gasteiger partial charge in [-0.1, -0.05) is 30.3 Å². The lowest BCUT2D eigenvalue weighted by Gasteiger charge is -2.21. The summed E-state index contributed by atoms with van der Waals surface area (Å²) in [7, 11) is 0. The highest BCUT2D eigenvalue weighted by atomic mass is 16.6. The van der Waals surface area contributed by atoms with E-state index in [2.05, 4.69) is 5.32 Å². The average molecular weight is 376 g/mol. The summed E-state index contributed by atoms with van der Waals surface area (Å²) in [4.78, 5) is 36.6. The van der Waals surface area contributed by atoms with Gasteiger partial charge in [-0.15, -0.1) is 0 Å². The summed E-state index contributed by atoms with van der Waals surface area (Å²) in [5, 5.41) is 34.3. The first-order valence-corrected chi connectivity index (χ1v) is 8.18. The van der Waals surface area contributed by atoms with Crippen LogP contribution in [0.25, 0.3) is 0 Å². The number of rotatable bonds is 3. The van der Waals surface area contributed by atoms with Gasteiger partial charge in [-0.2, -0.15) is 0 Å². The van der Waals surface area contributed by atoms with Gasteiger partial charge in [-0.3, -0.25) is 19.7 Å². The van der Waals surface area contributed by atoms with Gasteiger partial charge in [-0.25, -0.2) is 0 Å². The topological polar surface area (TPSA) is 130 Å². The van der Waals surface area contributed by atoms with Gasteiger partial charge in [0.25, 0.3) is 5.69 Å². The first-order valence-electron chi connectivity index (χ1n) is 8.18. The van der Waals surface area contributed by atoms with Crippen LogP contribution in [0.15, 0.2) is 54.6 Å². The Morgan fingerprint density at radius 1 is 0.857 bits per heavy atom. The zero-order valence-electron chi connectivity index (χ0n) is 14.2. The third-order valence-electron chi connectivity index (χ3n) is 4.50. The number of hydrogen-bond donors (Lipinski definition) is 3. The van der Waals surface area contributed by atoms with E-state index < -0.39 is 44.8 Å². The van der Waals surface area contributed by atoms with Crippen LogP contribution in [0.3, 0.4) is 0 Å². The Bertz CT molecular complexity index is 1170. The number of aromatic hydroxyl groups is 2. The van der Waals surface area contributed by atoms with E-state index >= 15 is 0 Å². The van der Waals surface area contributed by atoms with Crippen molar-refractivity contribution < 1.29 is 24.7 Å². The summed E-state index contributed by atoms with van der Waals surface area (Å²) in [5.74, 6) is -3.26. The lowest BCUT2D eigenvalue weighted by Crippen LogP contribution is -2.23. The zero-order valence-corrected chi connectivity index (χ0v) is 14.2. The molecule has 3 aromatic rings. The van der Waals surface area contributed by atoms with Crippen molar-refractivity contribution in [1.29, 1.82) is 0 Å². The number of hydrogen-bond acceptors (Lipinski definition) is 7. The Kier molecular flexibility index (Phi) is 3.82. The van der Waals surface area contributed by atoms with Crippen LogP contribution in [0, 0.1) is 10.1 Å². The minimum Gasteiger partial charge on any atom is -0.504 e. The van der Waals surface area contributed by atoms with Crippen LogP contribution >= 0.6 is 0 Å². The second-order valence-corrected chi connectivity index (χ2v) is 6.15. The summed E-state index contributed by atoms with van der Waals surface area (Å²) in [6.45, 7) is 0.